The fraction of sp³-hybridized carbons (Fsp3) is 0.389. The maximum absolute atomic E-state index is 12.3. The van der Waals surface area contributed by atoms with E-state index >= 15 is 0 Å². The first-order valence-corrected chi connectivity index (χ1v) is 8.11. The Morgan fingerprint density at radius 2 is 2.08 bits per heavy atom. The van der Waals surface area contributed by atoms with Gasteiger partial charge in [0.25, 0.3) is 5.56 Å². The van der Waals surface area contributed by atoms with Crippen molar-refractivity contribution in [1.82, 2.24) is 15.1 Å². The van der Waals surface area contributed by atoms with Crippen LogP contribution in [0.2, 0.25) is 0 Å². The maximum atomic E-state index is 12.3. The van der Waals surface area contributed by atoms with Crippen molar-refractivity contribution in [2.75, 3.05) is 7.11 Å². The van der Waals surface area contributed by atoms with Crippen LogP contribution in [0.15, 0.2) is 41.2 Å². The van der Waals surface area contributed by atoms with Crippen LogP contribution in [0.3, 0.4) is 0 Å². The Morgan fingerprint density at radius 3 is 2.68 bits per heavy atom. The molecule has 2 N–H and O–H groups in total. The SMILES string of the molecule is COc1nn(CC(=O)N[C@H]2C[C@](C)(O)C2)c(=O)cc1-c1ccccc1. The van der Waals surface area contributed by atoms with Gasteiger partial charge in [-0.05, 0) is 25.3 Å². The van der Waals surface area contributed by atoms with Crippen LogP contribution in [-0.4, -0.2) is 39.5 Å². The van der Waals surface area contributed by atoms with Gasteiger partial charge in [0, 0.05) is 12.1 Å². The molecule has 0 atom stereocenters. The van der Waals surface area contributed by atoms with Gasteiger partial charge in [-0.15, -0.1) is 5.10 Å². The van der Waals surface area contributed by atoms with Crippen molar-refractivity contribution in [3.05, 3.63) is 46.8 Å². The second-order valence-corrected chi connectivity index (χ2v) is 6.60. The molecule has 1 aliphatic carbocycles. The van der Waals surface area contributed by atoms with Gasteiger partial charge in [-0.3, -0.25) is 9.59 Å². The van der Waals surface area contributed by atoms with E-state index < -0.39 is 5.60 Å². The summed E-state index contributed by atoms with van der Waals surface area (Å²) < 4.78 is 6.36. The van der Waals surface area contributed by atoms with E-state index in [4.69, 9.17) is 4.74 Å². The fourth-order valence-electron chi connectivity index (χ4n) is 3.07. The van der Waals surface area contributed by atoms with Crippen LogP contribution in [-0.2, 0) is 11.3 Å². The molecule has 1 aromatic carbocycles. The quantitative estimate of drug-likeness (QED) is 0.843. The lowest BCUT2D eigenvalue weighted by Gasteiger charge is -2.41. The Bertz CT molecular complexity index is 822. The normalized spacial score (nSPS) is 22.1. The van der Waals surface area contributed by atoms with E-state index in [1.807, 2.05) is 30.3 Å². The third-order valence-electron chi connectivity index (χ3n) is 4.27. The fourth-order valence-corrected chi connectivity index (χ4v) is 3.07. The molecule has 1 saturated carbocycles. The van der Waals surface area contributed by atoms with Crippen molar-refractivity contribution in [1.29, 1.82) is 0 Å². The summed E-state index contributed by atoms with van der Waals surface area (Å²) in [5.41, 5.74) is 0.306. The number of rotatable bonds is 5. The van der Waals surface area contributed by atoms with Crippen LogP contribution in [0.4, 0.5) is 0 Å². The number of benzene rings is 1. The van der Waals surface area contributed by atoms with E-state index in [0.717, 1.165) is 10.2 Å². The van der Waals surface area contributed by atoms with Gasteiger partial charge in [0.15, 0.2) is 0 Å². The highest BCUT2D eigenvalue weighted by molar-refractivity contribution is 5.76. The van der Waals surface area contributed by atoms with Crippen molar-refractivity contribution in [3.8, 4) is 17.0 Å². The van der Waals surface area contributed by atoms with E-state index in [1.165, 1.54) is 13.2 Å². The van der Waals surface area contributed by atoms with E-state index in [-0.39, 0.29) is 29.9 Å². The highest BCUT2D eigenvalue weighted by Gasteiger charge is 2.39. The van der Waals surface area contributed by atoms with Crippen LogP contribution in [0.1, 0.15) is 19.8 Å². The summed E-state index contributed by atoms with van der Waals surface area (Å²) in [6.07, 6.45) is 1.02. The minimum atomic E-state index is -0.715. The molecule has 1 aromatic heterocycles. The summed E-state index contributed by atoms with van der Waals surface area (Å²) in [6, 6.07) is 10.7. The van der Waals surface area contributed by atoms with E-state index in [0.29, 0.717) is 18.4 Å². The number of methoxy groups -OCH3 is 1. The van der Waals surface area contributed by atoms with Crippen molar-refractivity contribution in [2.24, 2.45) is 0 Å². The van der Waals surface area contributed by atoms with Gasteiger partial charge in [0.2, 0.25) is 11.8 Å². The smallest absolute Gasteiger partial charge is 0.268 e. The number of nitrogens with zero attached hydrogens (tertiary/aromatic N) is 2. The lowest BCUT2D eigenvalue weighted by Crippen LogP contribution is -2.54. The van der Waals surface area contributed by atoms with Crippen molar-refractivity contribution in [3.63, 3.8) is 0 Å². The molecule has 25 heavy (non-hydrogen) atoms. The molecule has 7 heteroatoms. The zero-order valence-corrected chi connectivity index (χ0v) is 14.2. The van der Waals surface area contributed by atoms with Crippen LogP contribution in [0.25, 0.3) is 11.1 Å². The average molecular weight is 343 g/mol. The average Bonchev–Trinajstić information content (AvgIpc) is 2.55. The molecule has 1 amide bonds. The number of aliphatic hydroxyl groups is 1. The molecule has 1 heterocycles. The van der Waals surface area contributed by atoms with Crippen LogP contribution >= 0.6 is 0 Å². The monoisotopic (exact) mass is 343 g/mol. The van der Waals surface area contributed by atoms with Crippen LogP contribution < -0.4 is 15.6 Å². The molecule has 1 aliphatic rings. The molecular formula is C18H21N3O4. The molecular weight excluding hydrogens is 322 g/mol. The van der Waals surface area contributed by atoms with Crippen molar-refractivity contribution in [2.45, 2.75) is 38.0 Å². The number of hydrogen-bond donors (Lipinski definition) is 2. The zero-order valence-electron chi connectivity index (χ0n) is 14.2. The number of aromatic nitrogens is 2. The minimum absolute atomic E-state index is 0.0660. The number of hydrogen-bond acceptors (Lipinski definition) is 5. The molecule has 3 rings (SSSR count). The van der Waals surface area contributed by atoms with Gasteiger partial charge in [-0.25, -0.2) is 4.68 Å². The number of carbonyl (C=O) groups is 1. The maximum Gasteiger partial charge on any atom is 0.268 e. The zero-order chi connectivity index (χ0) is 18.0. The molecule has 7 nitrogen and oxygen atoms in total. The van der Waals surface area contributed by atoms with E-state index in [9.17, 15) is 14.7 Å². The third kappa shape index (κ3) is 3.88. The van der Waals surface area contributed by atoms with Gasteiger partial charge in [-0.2, -0.15) is 0 Å². The number of carbonyl (C=O) groups excluding carboxylic acids is 1. The molecule has 0 radical (unpaired) electrons. The largest absolute Gasteiger partial charge is 0.480 e. The Balaban J connectivity index is 1.76. The summed E-state index contributed by atoms with van der Waals surface area (Å²) >= 11 is 0. The summed E-state index contributed by atoms with van der Waals surface area (Å²) in [5.74, 6) is -0.0326. The molecule has 2 aromatic rings. The highest BCUT2D eigenvalue weighted by Crippen LogP contribution is 2.31. The number of nitrogens with one attached hydrogen (secondary N) is 1. The first-order valence-electron chi connectivity index (χ1n) is 8.11. The van der Waals surface area contributed by atoms with Gasteiger partial charge >= 0.3 is 0 Å². The molecule has 0 saturated heterocycles. The molecule has 0 unspecified atom stereocenters. The first kappa shape index (κ1) is 17.2. The van der Waals surface area contributed by atoms with Gasteiger partial charge in [0.05, 0.1) is 18.3 Å². The number of ether oxygens (including phenoxy) is 1. The third-order valence-corrected chi connectivity index (χ3v) is 4.27. The van der Waals surface area contributed by atoms with Crippen molar-refractivity contribution >= 4 is 5.91 Å². The summed E-state index contributed by atoms with van der Waals surface area (Å²) in [7, 11) is 1.47. The predicted octanol–water partition coefficient (Wildman–Crippen LogP) is 0.948. The summed E-state index contributed by atoms with van der Waals surface area (Å²) in [6.45, 7) is 1.54. The predicted molar refractivity (Wildman–Crippen MR) is 92.3 cm³/mol. The Morgan fingerprint density at radius 1 is 1.40 bits per heavy atom. The highest BCUT2D eigenvalue weighted by atomic mass is 16.5. The topological polar surface area (TPSA) is 93.5 Å². The summed E-state index contributed by atoms with van der Waals surface area (Å²) in [5, 5.41) is 16.7. The minimum Gasteiger partial charge on any atom is -0.480 e. The standard InChI is InChI=1S/C18H21N3O4/c1-18(24)9-13(10-18)19-15(22)11-21-16(23)8-14(17(20-21)25-2)12-6-4-3-5-7-12/h3-8,13,24H,9-11H2,1-2H3,(H,19,22)/t13-,18-. The number of amides is 1. The second-order valence-electron chi connectivity index (χ2n) is 6.60. The van der Waals surface area contributed by atoms with Crippen molar-refractivity contribution < 1.29 is 14.6 Å². The Kier molecular flexibility index (Phi) is 4.59. The second kappa shape index (κ2) is 6.68. The lowest BCUT2D eigenvalue weighted by atomic mass is 9.77. The molecule has 0 aliphatic heterocycles. The molecule has 132 valence electrons. The van der Waals surface area contributed by atoms with E-state index in [1.54, 1.807) is 6.92 Å². The molecule has 0 spiro atoms. The first-order chi connectivity index (χ1) is 11.9. The Labute approximate surface area is 145 Å². The van der Waals surface area contributed by atoms with Gasteiger partial charge < -0.3 is 15.2 Å². The lowest BCUT2D eigenvalue weighted by molar-refractivity contribution is -0.125. The van der Waals surface area contributed by atoms with Crippen LogP contribution in [0.5, 0.6) is 5.88 Å². The Hall–Kier alpha value is -2.67. The summed E-state index contributed by atoms with van der Waals surface area (Å²) in [4.78, 5) is 24.4. The van der Waals surface area contributed by atoms with E-state index in [2.05, 4.69) is 10.4 Å². The van der Waals surface area contributed by atoms with Crippen LogP contribution in [0, 0.1) is 0 Å². The van der Waals surface area contributed by atoms with Gasteiger partial charge in [0.1, 0.15) is 6.54 Å². The molecule has 0 bridgehead atoms. The molecule has 1 fully saturated rings. The van der Waals surface area contributed by atoms with Gasteiger partial charge in [-0.1, -0.05) is 30.3 Å².